The lowest BCUT2D eigenvalue weighted by Crippen LogP contribution is -2.04. The highest BCUT2D eigenvalue weighted by atomic mass is 32.2. The summed E-state index contributed by atoms with van der Waals surface area (Å²) in [7, 11) is 0. The van der Waals surface area contributed by atoms with Crippen molar-refractivity contribution in [3.63, 3.8) is 0 Å². The second kappa shape index (κ2) is 2.74. The van der Waals surface area contributed by atoms with Crippen LogP contribution in [0.15, 0.2) is 0 Å². The van der Waals surface area contributed by atoms with Gasteiger partial charge in [-0.2, -0.15) is 11.8 Å². The maximum absolute atomic E-state index is 10.4. The van der Waals surface area contributed by atoms with Gasteiger partial charge < -0.3 is 4.79 Å². The van der Waals surface area contributed by atoms with Crippen LogP contribution in [0.4, 0.5) is 0 Å². The Morgan fingerprint density at radius 3 is 2.67 bits per heavy atom. The minimum Gasteiger partial charge on any atom is -0.303 e. The third-order valence-electron chi connectivity index (χ3n) is 1.74. The lowest BCUT2D eigenvalue weighted by Gasteiger charge is -2.02. The van der Waals surface area contributed by atoms with Crippen molar-refractivity contribution >= 4 is 18.0 Å². The van der Waals surface area contributed by atoms with Gasteiger partial charge in [-0.15, -0.1) is 0 Å². The summed E-state index contributed by atoms with van der Waals surface area (Å²) in [6.45, 7) is 2.13. The quantitative estimate of drug-likeness (QED) is 0.559. The van der Waals surface area contributed by atoms with Crippen LogP contribution in [0, 0.1) is 5.41 Å². The Kier molecular flexibility index (Phi) is 2.17. The van der Waals surface area contributed by atoms with Gasteiger partial charge in [0.1, 0.15) is 6.29 Å². The Hall–Kier alpha value is 0.0200. The fourth-order valence-corrected chi connectivity index (χ4v) is 1.73. The van der Waals surface area contributed by atoms with Gasteiger partial charge in [-0.1, -0.05) is 6.92 Å². The smallest absolute Gasteiger partial charge is 0.126 e. The van der Waals surface area contributed by atoms with Gasteiger partial charge in [0.05, 0.1) is 0 Å². The number of thioether (sulfide) groups is 1. The molecule has 0 saturated heterocycles. The van der Waals surface area contributed by atoms with E-state index in [0.717, 1.165) is 30.6 Å². The van der Waals surface area contributed by atoms with E-state index >= 15 is 0 Å². The first kappa shape index (κ1) is 7.13. The molecule has 0 radical (unpaired) electrons. The van der Waals surface area contributed by atoms with Crippen molar-refractivity contribution in [3.8, 4) is 0 Å². The van der Waals surface area contributed by atoms with Crippen LogP contribution in [0.5, 0.6) is 0 Å². The van der Waals surface area contributed by atoms with Crippen molar-refractivity contribution in [3.05, 3.63) is 0 Å². The zero-order valence-corrected chi connectivity index (χ0v) is 6.54. The molecule has 9 heavy (non-hydrogen) atoms. The average molecular weight is 144 g/mol. The van der Waals surface area contributed by atoms with Crippen molar-refractivity contribution in [1.82, 2.24) is 0 Å². The van der Waals surface area contributed by atoms with E-state index < -0.39 is 0 Å². The Morgan fingerprint density at radius 2 is 2.33 bits per heavy atom. The minimum atomic E-state index is 0.126. The summed E-state index contributed by atoms with van der Waals surface area (Å²) in [5.41, 5.74) is 0.126. The van der Waals surface area contributed by atoms with Crippen LogP contribution in [0.25, 0.3) is 0 Å². The molecule has 0 unspecified atom stereocenters. The number of carbonyl (C=O) groups excluding carboxylic acids is 1. The lowest BCUT2D eigenvalue weighted by atomic mass is 10.2. The van der Waals surface area contributed by atoms with E-state index in [0.29, 0.717) is 0 Å². The highest BCUT2D eigenvalue weighted by Crippen LogP contribution is 2.45. The van der Waals surface area contributed by atoms with Gasteiger partial charge in [0.2, 0.25) is 0 Å². The zero-order chi connectivity index (χ0) is 6.74. The molecule has 0 aromatic carbocycles. The largest absolute Gasteiger partial charge is 0.303 e. The maximum Gasteiger partial charge on any atom is 0.126 e. The second-order valence-electron chi connectivity index (χ2n) is 2.62. The molecule has 0 amide bonds. The van der Waals surface area contributed by atoms with Crippen molar-refractivity contribution in [1.29, 1.82) is 0 Å². The number of carbonyl (C=O) groups is 1. The van der Waals surface area contributed by atoms with E-state index in [2.05, 4.69) is 6.92 Å². The summed E-state index contributed by atoms with van der Waals surface area (Å²) in [5, 5.41) is 0. The van der Waals surface area contributed by atoms with Crippen LogP contribution in [0.1, 0.15) is 19.8 Å². The van der Waals surface area contributed by atoms with Crippen LogP contribution in [-0.4, -0.2) is 17.8 Å². The molecule has 1 aliphatic rings. The summed E-state index contributed by atoms with van der Waals surface area (Å²) in [6, 6.07) is 0. The summed E-state index contributed by atoms with van der Waals surface area (Å²) in [6.07, 6.45) is 3.39. The molecule has 0 N–H and O–H groups in total. The van der Waals surface area contributed by atoms with Crippen molar-refractivity contribution in [2.45, 2.75) is 19.8 Å². The van der Waals surface area contributed by atoms with Gasteiger partial charge >= 0.3 is 0 Å². The molecule has 0 bridgehead atoms. The Morgan fingerprint density at radius 1 is 1.67 bits per heavy atom. The lowest BCUT2D eigenvalue weighted by molar-refractivity contribution is -0.111. The van der Waals surface area contributed by atoms with Gasteiger partial charge in [0, 0.05) is 11.2 Å². The molecule has 1 rings (SSSR count). The molecule has 1 aliphatic carbocycles. The summed E-state index contributed by atoms with van der Waals surface area (Å²) < 4.78 is 0. The molecule has 0 spiro atoms. The summed E-state index contributed by atoms with van der Waals surface area (Å²) in [5.74, 6) is 2.18. The fraction of sp³-hybridized carbons (Fsp3) is 0.857. The first-order valence-electron chi connectivity index (χ1n) is 3.37. The number of hydrogen-bond acceptors (Lipinski definition) is 2. The van der Waals surface area contributed by atoms with Crippen LogP contribution in [0.3, 0.4) is 0 Å². The molecule has 1 fully saturated rings. The van der Waals surface area contributed by atoms with Crippen LogP contribution in [-0.2, 0) is 4.79 Å². The first-order chi connectivity index (χ1) is 4.33. The Bertz CT molecular complexity index is 107. The van der Waals surface area contributed by atoms with Gasteiger partial charge in [-0.05, 0) is 18.6 Å². The molecular formula is C7H12OS. The van der Waals surface area contributed by atoms with Gasteiger partial charge in [-0.3, -0.25) is 0 Å². The van der Waals surface area contributed by atoms with Crippen LogP contribution >= 0.6 is 11.8 Å². The highest BCUT2D eigenvalue weighted by Gasteiger charge is 2.41. The Balaban J connectivity index is 2.17. The van der Waals surface area contributed by atoms with E-state index in [4.69, 9.17) is 0 Å². The normalized spacial score (nSPS) is 21.4. The first-order valence-corrected chi connectivity index (χ1v) is 4.52. The van der Waals surface area contributed by atoms with Crippen molar-refractivity contribution < 1.29 is 4.79 Å². The van der Waals surface area contributed by atoms with Crippen molar-refractivity contribution in [2.24, 2.45) is 5.41 Å². The molecule has 0 aromatic heterocycles. The van der Waals surface area contributed by atoms with E-state index in [9.17, 15) is 4.79 Å². The van der Waals surface area contributed by atoms with E-state index in [1.54, 1.807) is 0 Å². The molecule has 0 aliphatic heterocycles. The third-order valence-corrected chi connectivity index (χ3v) is 2.92. The molecule has 2 heteroatoms. The fourth-order valence-electron chi connectivity index (χ4n) is 0.762. The van der Waals surface area contributed by atoms with Gasteiger partial charge in [0.25, 0.3) is 0 Å². The zero-order valence-electron chi connectivity index (χ0n) is 5.72. The SMILES string of the molecule is CCSCC1(C=O)CC1. The maximum atomic E-state index is 10.4. The molecule has 1 nitrogen and oxygen atoms in total. The molecular weight excluding hydrogens is 132 g/mol. The molecule has 0 heterocycles. The average Bonchev–Trinajstić information content (AvgIpc) is 2.65. The molecule has 0 atom stereocenters. The van der Waals surface area contributed by atoms with Crippen LogP contribution in [0.2, 0.25) is 0 Å². The van der Waals surface area contributed by atoms with Crippen LogP contribution < -0.4 is 0 Å². The van der Waals surface area contributed by atoms with E-state index in [1.807, 2.05) is 11.8 Å². The standard InChI is InChI=1S/C7H12OS/c1-2-9-6-7(5-8)3-4-7/h5H,2-4,6H2,1H3. The number of rotatable bonds is 4. The van der Waals surface area contributed by atoms with E-state index in [1.165, 1.54) is 0 Å². The van der Waals surface area contributed by atoms with Gasteiger partial charge in [0.15, 0.2) is 0 Å². The number of hydrogen-bond donors (Lipinski definition) is 0. The monoisotopic (exact) mass is 144 g/mol. The van der Waals surface area contributed by atoms with Gasteiger partial charge in [-0.25, -0.2) is 0 Å². The Labute approximate surface area is 60.2 Å². The third kappa shape index (κ3) is 1.71. The second-order valence-corrected chi connectivity index (χ2v) is 3.89. The highest BCUT2D eigenvalue weighted by molar-refractivity contribution is 7.99. The predicted octanol–water partition coefficient (Wildman–Crippen LogP) is 1.72. The predicted molar refractivity (Wildman–Crippen MR) is 40.7 cm³/mol. The molecule has 52 valence electrons. The molecule has 1 saturated carbocycles. The topological polar surface area (TPSA) is 17.1 Å². The molecule has 0 aromatic rings. The minimum absolute atomic E-state index is 0.126. The van der Waals surface area contributed by atoms with Crippen molar-refractivity contribution in [2.75, 3.05) is 11.5 Å². The van der Waals surface area contributed by atoms with E-state index in [-0.39, 0.29) is 5.41 Å². The summed E-state index contributed by atoms with van der Waals surface area (Å²) in [4.78, 5) is 10.4. The summed E-state index contributed by atoms with van der Waals surface area (Å²) >= 11 is 1.87. The number of aldehydes is 1.